The van der Waals surface area contributed by atoms with Crippen LogP contribution in [0.4, 0.5) is 0 Å². The van der Waals surface area contributed by atoms with Gasteiger partial charge in [-0.25, -0.2) is 4.79 Å². The van der Waals surface area contributed by atoms with Crippen molar-refractivity contribution >= 4 is 23.4 Å². The van der Waals surface area contributed by atoms with Crippen molar-refractivity contribution in [1.82, 2.24) is 10.4 Å². The van der Waals surface area contributed by atoms with Crippen molar-refractivity contribution < 1.29 is 28.7 Å². The SMILES string of the molecule is COc1ccc(C(=O)NC2(c3ccccc3)C(=C(c3ccccc3)c3ccccc3)C(=O)ON2C(=O)c2ccc(OC)cc2)cc1. The molecule has 0 radical (unpaired) electrons. The predicted octanol–water partition coefficient (Wildman–Crippen LogP) is 6.40. The molecule has 2 amide bonds. The normalized spacial score (nSPS) is 15.6. The highest BCUT2D eigenvalue weighted by Gasteiger charge is 2.59. The van der Waals surface area contributed by atoms with Crippen molar-refractivity contribution in [2.24, 2.45) is 0 Å². The summed E-state index contributed by atoms with van der Waals surface area (Å²) in [6, 6.07) is 40.5. The maximum absolute atomic E-state index is 14.4. The molecule has 1 N–H and O–H groups in total. The molecule has 1 fully saturated rings. The molecule has 1 heterocycles. The molecule has 1 aliphatic heterocycles. The lowest BCUT2D eigenvalue weighted by molar-refractivity contribution is -0.172. The topological polar surface area (TPSA) is 94.2 Å². The summed E-state index contributed by atoms with van der Waals surface area (Å²) in [6.07, 6.45) is 0. The summed E-state index contributed by atoms with van der Waals surface area (Å²) < 4.78 is 10.6. The number of nitrogens with zero attached hydrogens (tertiary/aromatic N) is 1. The number of hydrogen-bond acceptors (Lipinski definition) is 6. The van der Waals surface area contributed by atoms with E-state index in [1.807, 2.05) is 66.7 Å². The fourth-order valence-electron chi connectivity index (χ4n) is 5.54. The summed E-state index contributed by atoms with van der Waals surface area (Å²) >= 11 is 0. The van der Waals surface area contributed by atoms with Gasteiger partial charge in [0.1, 0.15) is 17.1 Å². The fourth-order valence-corrected chi connectivity index (χ4v) is 5.54. The largest absolute Gasteiger partial charge is 0.497 e. The summed E-state index contributed by atoms with van der Waals surface area (Å²) in [6.45, 7) is 0. The molecule has 0 spiro atoms. The van der Waals surface area contributed by atoms with Crippen LogP contribution in [0.1, 0.15) is 37.4 Å². The monoisotopic (exact) mass is 610 g/mol. The van der Waals surface area contributed by atoms with Crippen LogP contribution in [0.15, 0.2) is 145 Å². The zero-order chi connectivity index (χ0) is 32.1. The first-order chi connectivity index (χ1) is 22.5. The molecule has 5 aromatic rings. The minimum atomic E-state index is -1.91. The van der Waals surface area contributed by atoms with Gasteiger partial charge in [0, 0.05) is 22.3 Å². The van der Waals surface area contributed by atoms with E-state index in [1.54, 1.807) is 72.8 Å². The van der Waals surface area contributed by atoms with E-state index in [9.17, 15) is 14.4 Å². The van der Waals surface area contributed by atoms with Crippen LogP contribution in [-0.2, 0) is 15.3 Å². The molecular weight excluding hydrogens is 580 g/mol. The quantitative estimate of drug-likeness (QED) is 0.204. The Morgan fingerprint density at radius 2 is 1.07 bits per heavy atom. The molecule has 1 unspecified atom stereocenters. The molecule has 228 valence electrons. The number of rotatable bonds is 8. The lowest BCUT2D eigenvalue weighted by atomic mass is 9.82. The highest BCUT2D eigenvalue weighted by atomic mass is 16.7. The number of benzene rings is 5. The predicted molar refractivity (Wildman–Crippen MR) is 173 cm³/mol. The summed E-state index contributed by atoms with van der Waals surface area (Å²) in [5, 5.41) is 4.05. The molecule has 0 aliphatic carbocycles. The summed E-state index contributed by atoms with van der Waals surface area (Å²) in [7, 11) is 3.06. The van der Waals surface area contributed by atoms with Gasteiger partial charge in [-0.1, -0.05) is 91.0 Å². The second kappa shape index (κ2) is 12.8. The molecule has 8 heteroatoms. The smallest absolute Gasteiger partial charge is 0.364 e. The molecule has 46 heavy (non-hydrogen) atoms. The third-order valence-electron chi connectivity index (χ3n) is 7.78. The van der Waals surface area contributed by atoms with Crippen LogP contribution >= 0.6 is 0 Å². The number of nitrogens with one attached hydrogen (secondary N) is 1. The van der Waals surface area contributed by atoms with Crippen molar-refractivity contribution in [3.8, 4) is 11.5 Å². The van der Waals surface area contributed by atoms with Crippen LogP contribution in [-0.4, -0.2) is 37.1 Å². The average Bonchev–Trinajstić information content (AvgIpc) is 3.41. The number of hydroxylamine groups is 2. The Hall–Kier alpha value is -6.15. The van der Waals surface area contributed by atoms with Crippen LogP contribution in [0.3, 0.4) is 0 Å². The van der Waals surface area contributed by atoms with E-state index >= 15 is 0 Å². The summed E-state index contributed by atoms with van der Waals surface area (Å²) in [5.74, 6) is -0.863. The second-order valence-corrected chi connectivity index (χ2v) is 10.4. The standard InChI is InChI=1S/C38H30N2O6/c1-44-31-22-18-28(19-23-31)35(41)39-38(30-16-10-5-11-17-30)34(33(26-12-6-3-7-13-26)27-14-8-4-9-15-27)37(43)46-40(38)36(42)29-20-24-32(45-2)25-21-29/h3-25H,1-2H3,(H,39,41). The minimum Gasteiger partial charge on any atom is -0.497 e. The number of carbonyl (C=O) groups excluding carboxylic acids is 3. The molecular formula is C38H30N2O6. The molecule has 1 aliphatic rings. The average molecular weight is 611 g/mol. The van der Waals surface area contributed by atoms with Gasteiger partial charge in [0.25, 0.3) is 11.8 Å². The first-order valence-corrected chi connectivity index (χ1v) is 14.5. The molecule has 0 bridgehead atoms. The lowest BCUT2D eigenvalue weighted by Crippen LogP contribution is -2.57. The number of amides is 2. The Labute approximate surface area is 266 Å². The number of methoxy groups -OCH3 is 2. The Morgan fingerprint density at radius 3 is 1.54 bits per heavy atom. The van der Waals surface area contributed by atoms with E-state index in [-0.39, 0.29) is 16.7 Å². The van der Waals surface area contributed by atoms with E-state index in [2.05, 4.69) is 5.32 Å². The zero-order valence-electron chi connectivity index (χ0n) is 25.2. The zero-order valence-corrected chi connectivity index (χ0v) is 25.2. The first-order valence-electron chi connectivity index (χ1n) is 14.5. The molecule has 0 aromatic heterocycles. The Morgan fingerprint density at radius 1 is 0.609 bits per heavy atom. The van der Waals surface area contributed by atoms with Crippen LogP contribution in [0, 0.1) is 0 Å². The summed E-state index contributed by atoms with van der Waals surface area (Å²) in [5.41, 5.74) is 0.978. The molecule has 8 nitrogen and oxygen atoms in total. The first kappa shape index (κ1) is 29.9. The van der Waals surface area contributed by atoms with Crippen LogP contribution < -0.4 is 14.8 Å². The van der Waals surface area contributed by atoms with E-state index < -0.39 is 23.4 Å². The van der Waals surface area contributed by atoms with Crippen molar-refractivity contribution in [3.63, 3.8) is 0 Å². The molecule has 1 atom stereocenters. The van der Waals surface area contributed by atoms with Gasteiger partial charge >= 0.3 is 5.97 Å². The van der Waals surface area contributed by atoms with Gasteiger partial charge in [-0.2, -0.15) is 0 Å². The van der Waals surface area contributed by atoms with Crippen LogP contribution in [0.2, 0.25) is 0 Å². The molecule has 0 saturated carbocycles. The number of ether oxygens (including phenoxy) is 2. The maximum atomic E-state index is 14.4. The summed E-state index contributed by atoms with van der Waals surface area (Å²) in [4.78, 5) is 48.9. The second-order valence-electron chi connectivity index (χ2n) is 10.4. The molecule has 5 aromatic carbocycles. The fraction of sp³-hybridized carbons (Fsp3) is 0.0789. The highest BCUT2D eigenvalue weighted by molar-refractivity contribution is 6.10. The van der Waals surface area contributed by atoms with Crippen LogP contribution in [0.25, 0.3) is 5.57 Å². The van der Waals surface area contributed by atoms with E-state index in [0.29, 0.717) is 33.8 Å². The van der Waals surface area contributed by atoms with Gasteiger partial charge in [-0.15, -0.1) is 5.06 Å². The minimum absolute atomic E-state index is 0.0693. The maximum Gasteiger partial charge on any atom is 0.364 e. The van der Waals surface area contributed by atoms with E-state index in [1.165, 1.54) is 14.2 Å². The molecule has 1 saturated heterocycles. The van der Waals surface area contributed by atoms with Gasteiger partial charge in [-0.05, 0) is 59.7 Å². The van der Waals surface area contributed by atoms with Crippen molar-refractivity contribution in [3.05, 3.63) is 173 Å². The third kappa shape index (κ3) is 5.48. The Balaban J connectivity index is 1.66. The van der Waals surface area contributed by atoms with Crippen molar-refractivity contribution in [1.29, 1.82) is 0 Å². The van der Waals surface area contributed by atoms with Crippen molar-refractivity contribution in [2.45, 2.75) is 5.66 Å². The number of hydrogen-bond donors (Lipinski definition) is 1. The van der Waals surface area contributed by atoms with Crippen LogP contribution in [0.5, 0.6) is 11.5 Å². The van der Waals surface area contributed by atoms with Gasteiger partial charge in [0.15, 0.2) is 0 Å². The van der Waals surface area contributed by atoms with Gasteiger partial charge in [0.05, 0.1) is 14.2 Å². The Kier molecular flexibility index (Phi) is 8.34. The Bertz CT molecular complexity index is 1850. The lowest BCUT2D eigenvalue weighted by Gasteiger charge is -2.37. The molecule has 6 rings (SSSR count). The van der Waals surface area contributed by atoms with Gasteiger partial charge in [0.2, 0.25) is 5.66 Å². The van der Waals surface area contributed by atoms with Crippen molar-refractivity contribution in [2.75, 3.05) is 14.2 Å². The highest BCUT2D eigenvalue weighted by Crippen LogP contribution is 2.46. The third-order valence-corrected chi connectivity index (χ3v) is 7.78. The number of carbonyl (C=O) groups is 3. The van der Waals surface area contributed by atoms with Gasteiger partial charge < -0.3 is 19.6 Å². The van der Waals surface area contributed by atoms with Gasteiger partial charge in [-0.3, -0.25) is 9.59 Å². The van der Waals surface area contributed by atoms with E-state index in [0.717, 1.165) is 5.06 Å². The van der Waals surface area contributed by atoms with E-state index in [4.69, 9.17) is 14.3 Å².